The summed E-state index contributed by atoms with van der Waals surface area (Å²) in [7, 11) is 3.77. The Hall–Kier alpha value is -1.36. The van der Waals surface area contributed by atoms with Crippen molar-refractivity contribution in [3.05, 3.63) is 12.3 Å². The number of hydrogen-bond donors (Lipinski definition) is 2. The third kappa shape index (κ3) is 2.85. The lowest BCUT2D eigenvalue weighted by atomic mass is 10.3. The van der Waals surface area contributed by atoms with Gasteiger partial charge in [0, 0.05) is 26.3 Å². The van der Waals surface area contributed by atoms with Crippen LogP contribution in [0.5, 0.6) is 0 Å². The Morgan fingerprint density at radius 1 is 1.57 bits per heavy atom. The molecule has 78 valence electrons. The Kier molecular flexibility index (Phi) is 3.64. The van der Waals surface area contributed by atoms with Crippen LogP contribution >= 0.6 is 0 Å². The van der Waals surface area contributed by atoms with Crippen molar-refractivity contribution in [2.24, 2.45) is 0 Å². The molecule has 0 aliphatic carbocycles. The van der Waals surface area contributed by atoms with Crippen LogP contribution < -0.4 is 10.2 Å². The van der Waals surface area contributed by atoms with E-state index in [1.807, 2.05) is 25.9 Å². The molecule has 0 amide bonds. The van der Waals surface area contributed by atoms with Gasteiger partial charge < -0.3 is 15.3 Å². The number of nitrogens with zero attached hydrogens (tertiary/aromatic N) is 3. The predicted octanol–water partition coefficient (Wildman–Crippen LogP) is 0.335. The van der Waals surface area contributed by atoms with Crippen LogP contribution in [0.2, 0.25) is 0 Å². The normalized spacial score (nSPS) is 12.3. The Labute approximate surface area is 83.8 Å². The van der Waals surface area contributed by atoms with Gasteiger partial charge in [-0.3, -0.25) is 0 Å². The van der Waals surface area contributed by atoms with Gasteiger partial charge in [0.15, 0.2) is 0 Å². The lowest BCUT2D eigenvalue weighted by molar-refractivity contribution is 0.281. The Morgan fingerprint density at radius 3 is 2.86 bits per heavy atom. The van der Waals surface area contributed by atoms with E-state index >= 15 is 0 Å². The predicted molar refractivity (Wildman–Crippen MR) is 56.5 cm³/mol. The average molecular weight is 196 g/mol. The maximum Gasteiger partial charge on any atom is 0.226 e. The van der Waals surface area contributed by atoms with Crippen LogP contribution in [0.25, 0.3) is 0 Å². The van der Waals surface area contributed by atoms with E-state index in [-0.39, 0.29) is 12.6 Å². The second-order valence-electron chi connectivity index (χ2n) is 3.36. The Bertz CT molecular complexity index is 290. The van der Waals surface area contributed by atoms with Crippen molar-refractivity contribution in [2.45, 2.75) is 13.0 Å². The molecular formula is C9H16N4O. The molecule has 0 aliphatic heterocycles. The molecular weight excluding hydrogens is 180 g/mol. The number of nitrogens with one attached hydrogen (secondary N) is 1. The summed E-state index contributed by atoms with van der Waals surface area (Å²) in [6.07, 6.45) is 1.69. The molecule has 0 unspecified atom stereocenters. The molecule has 1 aromatic rings. The van der Waals surface area contributed by atoms with E-state index in [4.69, 9.17) is 5.11 Å². The summed E-state index contributed by atoms with van der Waals surface area (Å²) in [5, 5.41) is 11.9. The zero-order valence-electron chi connectivity index (χ0n) is 8.73. The SMILES string of the molecule is C[C@@H](CO)Nc1ccnc(N(C)C)n1. The molecule has 0 saturated heterocycles. The van der Waals surface area contributed by atoms with Gasteiger partial charge in [0.1, 0.15) is 5.82 Å². The third-order valence-electron chi connectivity index (χ3n) is 1.71. The van der Waals surface area contributed by atoms with E-state index in [0.29, 0.717) is 5.95 Å². The molecule has 0 bridgehead atoms. The molecule has 0 spiro atoms. The van der Waals surface area contributed by atoms with Crippen LogP contribution in [0.4, 0.5) is 11.8 Å². The molecule has 0 fully saturated rings. The zero-order chi connectivity index (χ0) is 10.6. The van der Waals surface area contributed by atoms with Crippen LogP contribution in [-0.4, -0.2) is 41.8 Å². The van der Waals surface area contributed by atoms with Crippen LogP contribution in [0.1, 0.15) is 6.92 Å². The van der Waals surface area contributed by atoms with E-state index in [0.717, 1.165) is 5.82 Å². The number of anilines is 2. The minimum atomic E-state index is -0.0000813. The largest absolute Gasteiger partial charge is 0.394 e. The van der Waals surface area contributed by atoms with Gasteiger partial charge in [0.05, 0.1) is 6.61 Å². The van der Waals surface area contributed by atoms with Crippen molar-refractivity contribution in [1.29, 1.82) is 0 Å². The van der Waals surface area contributed by atoms with Crippen LogP contribution in [-0.2, 0) is 0 Å². The van der Waals surface area contributed by atoms with Gasteiger partial charge >= 0.3 is 0 Å². The number of aliphatic hydroxyl groups is 1. The van der Waals surface area contributed by atoms with Crippen molar-refractivity contribution < 1.29 is 5.11 Å². The zero-order valence-corrected chi connectivity index (χ0v) is 8.73. The smallest absolute Gasteiger partial charge is 0.226 e. The van der Waals surface area contributed by atoms with Gasteiger partial charge in [-0.15, -0.1) is 0 Å². The first kappa shape index (κ1) is 10.7. The second kappa shape index (κ2) is 4.76. The molecule has 14 heavy (non-hydrogen) atoms. The van der Waals surface area contributed by atoms with Crippen molar-refractivity contribution >= 4 is 11.8 Å². The summed E-state index contributed by atoms with van der Waals surface area (Å²) in [5.41, 5.74) is 0. The summed E-state index contributed by atoms with van der Waals surface area (Å²) in [6.45, 7) is 1.97. The van der Waals surface area contributed by atoms with Crippen LogP contribution in [0, 0.1) is 0 Å². The molecule has 1 heterocycles. The van der Waals surface area contributed by atoms with E-state index in [9.17, 15) is 0 Å². The van der Waals surface area contributed by atoms with Gasteiger partial charge in [0.25, 0.3) is 0 Å². The van der Waals surface area contributed by atoms with Crippen molar-refractivity contribution in [2.75, 3.05) is 30.9 Å². The van der Waals surface area contributed by atoms with Crippen molar-refractivity contribution in [3.8, 4) is 0 Å². The quantitative estimate of drug-likeness (QED) is 0.727. The first-order valence-corrected chi connectivity index (χ1v) is 4.51. The molecule has 0 saturated carbocycles. The highest BCUT2D eigenvalue weighted by molar-refractivity contribution is 5.40. The molecule has 2 N–H and O–H groups in total. The fourth-order valence-corrected chi connectivity index (χ4v) is 0.942. The van der Waals surface area contributed by atoms with Gasteiger partial charge in [-0.1, -0.05) is 0 Å². The van der Waals surface area contributed by atoms with E-state index in [1.54, 1.807) is 12.3 Å². The van der Waals surface area contributed by atoms with E-state index in [1.165, 1.54) is 0 Å². The van der Waals surface area contributed by atoms with Crippen molar-refractivity contribution in [3.63, 3.8) is 0 Å². The minimum absolute atomic E-state index is 0.0000813. The molecule has 1 aromatic heterocycles. The Morgan fingerprint density at radius 2 is 2.29 bits per heavy atom. The summed E-state index contributed by atoms with van der Waals surface area (Å²) in [4.78, 5) is 10.2. The number of aliphatic hydroxyl groups excluding tert-OH is 1. The molecule has 1 rings (SSSR count). The standard InChI is InChI=1S/C9H16N4O/c1-7(6-14)11-8-4-5-10-9(12-8)13(2)3/h4-5,7,14H,6H2,1-3H3,(H,10,11,12)/t7-/m0/s1. The molecule has 5 nitrogen and oxygen atoms in total. The number of hydrogen-bond acceptors (Lipinski definition) is 5. The fraction of sp³-hybridized carbons (Fsp3) is 0.556. The molecule has 5 heteroatoms. The first-order chi connectivity index (χ1) is 6.63. The second-order valence-corrected chi connectivity index (χ2v) is 3.36. The fourth-order valence-electron chi connectivity index (χ4n) is 0.942. The van der Waals surface area contributed by atoms with Gasteiger partial charge in [-0.05, 0) is 13.0 Å². The molecule has 0 aliphatic rings. The molecule has 0 aromatic carbocycles. The molecule has 0 radical (unpaired) electrons. The highest BCUT2D eigenvalue weighted by Gasteiger charge is 2.03. The number of aromatic nitrogens is 2. The van der Waals surface area contributed by atoms with Crippen molar-refractivity contribution in [1.82, 2.24) is 9.97 Å². The maximum atomic E-state index is 8.86. The average Bonchev–Trinajstić information content (AvgIpc) is 2.18. The summed E-state index contributed by atoms with van der Waals surface area (Å²) in [6, 6.07) is 1.78. The molecule has 1 atom stereocenters. The summed E-state index contributed by atoms with van der Waals surface area (Å²) in [5.74, 6) is 1.38. The minimum Gasteiger partial charge on any atom is -0.394 e. The third-order valence-corrected chi connectivity index (χ3v) is 1.71. The monoisotopic (exact) mass is 196 g/mol. The van der Waals surface area contributed by atoms with Gasteiger partial charge in [-0.25, -0.2) is 4.98 Å². The summed E-state index contributed by atoms with van der Waals surface area (Å²) < 4.78 is 0. The van der Waals surface area contributed by atoms with Gasteiger partial charge in [0.2, 0.25) is 5.95 Å². The summed E-state index contributed by atoms with van der Waals surface area (Å²) >= 11 is 0. The van der Waals surface area contributed by atoms with E-state index < -0.39 is 0 Å². The topological polar surface area (TPSA) is 61.3 Å². The lowest BCUT2D eigenvalue weighted by Crippen LogP contribution is -2.21. The number of rotatable bonds is 4. The van der Waals surface area contributed by atoms with Gasteiger partial charge in [-0.2, -0.15) is 4.98 Å². The highest BCUT2D eigenvalue weighted by atomic mass is 16.3. The van der Waals surface area contributed by atoms with E-state index in [2.05, 4.69) is 15.3 Å². The van der Waals surface area contributed by atoms with Crippen LogP contribution in [0.15, 0.2) is 12.3 Å². The van der Waals surface area contributed by atoms with Crippen LogP contribution in [0.3, 0.4) is 0 Å². The highest BCUT2D eigenvalue weighted by Crippen LogP contribution is 2.08. The Balaban J connectivity index is 2.73. The lowest BCUT2D eigenvalue weighted by Gasteiger charge is -2.14. The first-order valence-electron chi connectivity index (χ1n) is 4.51. The maximum absolute atomic E-state index is 8.86.